The van der Waals surface area contributed by atoms with Gasteiger partial charge in [-0.2, -0.15) is 0 Å². The first-order valence-corrected chi connectivity index (χ1v) is 5.96. The number of hydrogen-bond donors (Lipinski definition) is 1. The summed E-state index contributed by atoms with van der Waals surface area (Å²) in [5, 5.41) is 4.31. The molecule has 1 N–H and O–H groups in total. The molecule has 0 aromatic heterocycles. The number of benzene rings is 1. The molecule has 1 aromatic rings. The fraction of sp³-hybridized carbons (Fsp3) is 0.538. The molecule has 1 rings (SSSR count). The Morgan fingerprint density at radius 2 is 2.00 bits per heavy atom. The molecule has 1 atom stereocenters. The van der Waals surface area contributed by atoms with Crippen LogP contribution in [0.1, 0.15) is 38.8 Å². The maximum Gasteiger partial charge on any atom is 0.0409 e. The van der Waals surface area contributed by atoms with Gasteiger partial charge in [-0.05, 0) is 43.5 Å². The zero-order valence-electron chi connectivity index (χ0n) is 9.76. The fourth-order valence-electron chi connectivity index (χ4n) is 1.48. The van der Waals surface area contributed by atoms with Crippen molar-refractivity contribution in [2.24, 2.45) is 5.92 Å². The second-order valence-corrected chi connectivity index (χ2v) is 4.85. The van der Waals surface area contributed by atoms with Crippen LogP contribution in [0.4, 0.5) is 0 Å². The van der Waals surface area contributed by atoms with E-state index in [1.807, 2.05) is 18.2 Å². The van der Waals surface area contributed by atoms with Crippen molar-refractivity contribution in [3.63, 3.8) is 0 Å². The molecule has 0 saturated heterocycles. The Labute approximate surface area is 97.8 Å². The van der Waals surface area contributed by atoms with Gasteiger partial charge in [-0.25, -0.2) is 0 Å². The minimum Gasteiger partial charge on any atom is -0.310 e. The largest absolute Gasteiger partial charge is 0.310 e. The smallest absolute Gasteiger partial charge is 0.0409 e. The predicted molar refractivity (Wildman–Crippen MR) is 67.3 cm³/mol. The van der Waals surface area contributed by atoms with Gasteiger partial charge in [0, 0.05) is 11.1 Å². The van der Waals surface area contributed by atoms with Gasteiger partial charge in [-0.3, -0.25) is 0 Å². The topological polar surface area (TPSA) is 12.0 Å². The molecule has 84 valence electrons. The number of rotatable bonds is 5. The Morgan fingerprint density at radius 1 is 1.27 bits per heavy atom. The minimum absolute atomic E-state index is 0.377. The average molecular weight is 226 g/mol. The van der Waals surface area contributed by atoms with Crippen LogP contribution in [0.2, 0.25) is 5.02 Å². The van der Waals surface area contributed by atoms with Crippen LogP contribution in [0.15, 0.2) is 24.3 Å². The quantitative estimate of drug-likeness (QED) is 0.798. The van der Waals surface area contributed by atoms with E-state index in [0.29, 0.717) is 6.04 Å². The summed E-state index contributed by atoms with van der Waals surface area (Å²) in [6, 6.07) is 8.42. The summed E-state index contributed by atoms with van der Waals surface area (Å²) in [5.74, 6) is 0.754. The van der Waals surface area contributed by atoms with Gasteiger partial charge in [0.2, 0.25) is 0 Å². The van der Waals surface area contributed by atoms with Gasteiger partial charge in [-0.1, -0.05) is 37.6 Å². The van der Waals surface area contributed by atoms with Crippen molar-refractivity contribution >= 4 is 11.6 Å². The van der Waals surface area contributed by atoms with Crippen molar-refractivity contribution in [1.82, 2.24) is 5.32 Å². The molecule has 0 aliphatic heterocycles. The minimum atomic E-state index is 0.377. The van der Waals surface area contributed by atoms with Crippen molar-refractivity contribution in [2.45, 2.75) is 33.2 Å². The predicted octanol–water partition coefficient (Wildman–Crippen LogP) is 4.04. The third kappa shape index (κ3) is 4.67. The van der Waals surface area contributed by atoms with Gasteiger partial charge in [-0.15, -0.1) is 0 Å². The van der Waals surface area contributed by atoms with E-state index in [4.69, 9.17) is 11.6 Å². The fourth-order valence-corrected chi connectivity index (χ4v) is 1.68. The molecule has 0 heterocycles. The molecule has 0 radical (unpaired) electrons. The average Bonchev–Trinajstić information content (AvgIpc) is 2.17. The molecule has 0 aliphatic carbocycles. The van der Waals surface area contributed by atoms with Gasteiger partial charge in [0.05, 0.1) is 0 Å². The Kier molecular flexibility index (Phi) is 5.13. The summed E-state index contributed by atoms with van der Waals surface area (Å²) in [4.78, 5) is 0. The van der Waals surface area contributed by atoms with E-state index in [-0.39, 0.29) is 0 Å². The lowest BCUT2D eigenvalue weighted by atomic mass is 10.1. The van der Waals surface area contributed by atoms with E-state index in [1.165, 1.54) is 12.0 Å². The van der Waals surface area contributed by atoms with E-state index >= 15 is 0 Å². The van der Waals surface area contributed by atoms with E-state index < -0.39 is 0 Å². The molecule has 0 spiro atoms. The molecule has 1 aromatic carbocycles. The van der Waals surface area contributed by atoms with Gasteiger partial charge in [0.1, 0.15) is 0 Å². The molecule has 0 unspecified atom stereocenters. The first-order chi connectivity index (χ1) is 7.09. The number of nitrogens with one attached hydrogen (secondary N) is 1. The highest BCUT2D eigenvalue weighted by Gasteiger charge is 2.04. The zero-order valence-corrected chi connectivity index (χ0v) is 10.5. The van der Waals surface area contributed by atoms with E-state index in [1.54, 1.807) is 0 Å². The second kappa shape index (κ2) is 6.14. The highest BCUT2D eigenvalue weighted by molar-refractivity contribution is 6.30. The molecule has 2 heteroatoms. The van der Waals surface area contributed by atoms with E-state index in [9.17, 15) is 0 Å². The summed E-state index contributed by atoms with van der Waals surface area (Å²) in [5.41, 5.74) is 1.26. The Bertz CT molecular complexity index is 296. The summed E-state index contributed by atoms with van der Waals surface area (Å²) in [6.45, 7) is 7.72. The van der Waals surface area contributed by atoms with Crippen molar-refractivity contribution in [1.29, 1.82) is 0 Å². The SMILES string of the molecule is CC(C)CCN[C@@H](C)c1cccc(Cl)c1. The summed E-state index contributed by atoms with van der Waals surface area (Å²) >= 11 is 5.95. The van der Waals surface area contributed by atoms with Crippen molar-refractivity contribution in [3.8, 4) is 0 Å². The van der Waals surface area contributed by atoms with Crippen LogP contribution in [0, 0.1) is 5.92 Å². The molecular weight excluding hydrogens is 206 g/mol. The molecule has 0 aliphatic rings. The Hall–Kier alpha value is -0.530. The van der Waals surface area contributed by atoms with Crippen LogP contribution >= 0.6 is 11.6 Å². The summed E-state index contributed by atoms with van der Waals surface area (Å²) in [7, 11) is 0. The molecule has 0 fully saturated rings. The highest BCUT2D eigenvalue weighted by Crippen LogP contribution is 2.17. The van der Waals surface area contributed by atoms with E-state index in [2.05, 4.69) is 32.2 Å². The Balaban J connectivity index is 2.43. The first-order valence-electron chi connectivity index (χ1n) is 5.58. The maximum absolute atomic E-state index is 5.95. The third-order valence-corrected chi connectivity index (χ3v) is 2.76. The number of hydrogen-bond acceptors (Lipinski definition) is 1. The number of halogens is 1. The molecule has 0 saturated carbocycles. The van der Waals surface area contributed by atoms with Crippen LogP contribution in [0.5, 0.6) is 0 Å². The van der Waals surface area contributed by atoms with Crippen LogP contribution in [0.3, 0.4) is 0 Å². The lowest BCUT2D eigenvalue weighted by molar-refractivity contribution is 0.497. The summed E-state index contributed by atoms with van der Waals surface area (Å²) < 4.78 is 0. The van der Waals surface area contributed by atoms with Crippen molar-refractivity contribution < 1.29 is 0 Å². The van der Waals surface area contributed by atoms with Gasteiger partial charge in [0.15, 0.2) is 0 Å². The highest BCUT2D eigenvalue weighted by atomic mass is 35.5. The standard InChI is InChI=1S/C13H20ClN/c1-10(2)7-8-15-11(3)12-5-4-6-13(14)9-12/h4-6,9-11,15H,7-8H2,1-3H3/t11-/m0/s1. The van der Waals surface area contributed by atoms with Gasteiger partial charge < -0.3 is 5.32 Å². The molecule has 0 amide bonds. The molecule has 1 nitrogen and oxygen atoms in total. The molecular formula is C13H20ClN. The van der Waals surface area contributed by atoms with Crippen LogP contribution in [0.25, 0.3) is 0 Å². The third-order valence-electron chi connectivity index (χ3n) is 2.52. The van der Waals surface area contributed by atoms with E-state index in [0.717, 1.165) is 17.5 Å². The first kappa shape index (κ1) is 12.5. The van der Waals surface area contributed by atoms with Crippen molar-refractivity contribution in [3.05, 3.63) is 34.9 Å². The Morgan fingerprint density at radius 3 is 2.60 bits per heavy atom. The summed E-state index contributed by atoms with van der Waals surface area (Å²) in [6.07, 6.45) is 1.21. The zero-order chi connectivity index (χ0) is 11.3. The van der Waals surface area contributed by atoms with Gasteiger partial charge >= 0.3 is 0 Å². The monoisotopic (exact) mass is 225 g/mol. The maximum atomic E-state index is 5.95. The normalized spacial score (nSPS) is 13.1. The van der Waals surface area contributed by atoms with Crippen LogP contribution in [-0.2, 0) is 0 Å². The molecule has 0 bridgehead atoms. The van der Waals surface area contributed by atoms with Gasteiger partial charge in [0.25, 0.3) is 0 Å². The van der Waals surface area contributed by atoms with Crippen LogP contribution in [-0.4, -0.2) is 6.54 Å². The lowest BCUT2D eigenvalue weighted by Crippen LogP contribution is -2.20. The lowest BCUT2D eigenvalue weighted by Gasteiger charge is -2.15. The van der Waals surface area contributed by atoms with Crippen LogP contribution < -0.4 is 5.32 Å². The molecule has 15 heavy (non-hydrogen) atoms. The van der Waals surface area contributed by atoms with Crippen molar-refractivity contribution in [2.75, 3.05) is 6.54 Å². The second-order valence-electron chi connectivity index (χ2n) is 4.41.